The number of carboxylic acids is 1. The normalized spacial score (nSPS) is 16.1. The predicted molar refractivity (Wildman–Crippen MR) is 47.3 cm³/mol. The fraction of sp³-hybridized carbons (Fsp3) is 0.857. The molecule has 0 amide bonds. The first-order valence-electron chi connectivity index (χ1n) is 3.36. The Bertz CT molecular complexity index is 165. The van der Waals surface area contributed by atoms with Crippen LogP contribution in [0.15, 0.2) is 0 Å². The van der Waals surface area contributed by atoms with E-state index in [2.05, 4.69) is 0 Å². The van der Waals surface area contributed by atoms with Crippen molar-refractivity contribution < 1.29 is 14.3 Å². The van der Waals surface area contributed by atoms with Crippen LogP contribution in [0, 0.1) is 0 Å². The maximum absolute atomic E-state index is 12.9. The largest absolute Gasteiger partial charge is 0.480 e. The molecule has 0 aliphatic rings. The number of halogens is 2. The Kier molecular flexibility index (Phi) is 4.79. The van der Waals surface area contributed by atoms with Gasteiger partial charge in [0.25, 0.3) is 0 Å². The summed E-state index contributed by atoms with van der Waals surface area (Å²) < 4.78 is 12.9. The van der Waals surface area contributed by atoms with E-state index < -0.39 is 17.2 Å². The van der Waals surface area contributed by atoms with Gasteiger partial charge in [0.1, 0.15) is 11.2 Å². The first-order valence-corrected chi connectivity index (χ1v) is 3.36. The van der Waals surface area contributed by atoms with Crippen molar-refractivity contribution in [1.82, 2.24) is 0 Å². The molecule has 0 aromatic carbocycles. The minimum atomic E-state index is -1.54. The first kappa shape index (κ1) is 14.2. The van der Waals surface area contributed by atoms with Gasteiger partial charge in [0.15, 0.2) is 0 Å². The van der Waals surface area contributed by atoms with E-state index in [1.807, 2.05) is 0 Å². The van der Waals surface area contributed by atoms with Crippen LogP contribution in [0.1, 0.15) is 27.2 Å². The molecule has 3 N–H and O–H groups in total. The molecule has 12 heavy (non-hydrogen) atoms. The standard InChI is InChI=1S/C7H14FNO2.ClH/c1-6(2,8)4-7(3,9)5(10)11;/h4,9H2,1-3H3,(H,10,11);1H. The molecule has 0 rings (SSSR count). The van der Waals surface area contributed by atoms with E-state index in [0.29, 0.717) is 0 Å². The highest BCUT2D eigenvalue weighted by atomic mass is 35.5. The molecule has 0 aliphatic heterocycles. The highest BCUT2D eigenvalue weighted by Gasteiger charge is 2.35. The molecule has 0 aliphatic carbocycles. The highest BCUT2D eigenvalue weighted by Crippen LogP contribution is 2.21. The number of alkyl halides is 1. The summed E-state index contributed by atoms with van der Waals surface area (Å²) in [6.07, 6.45) is -0.185. The number of carbonyl (C=O) groups is 1. The second kappa shape index (κ2) is 4.05. The third-order valence-corrected chi connectivity index (χ3v) is 1.28. The SMILES string of the molecule is CC(C)(F)CC(C)(N)C(=O)O.Cl. The molecule has 0 radical (unpaired) electrons. The van der Waals surface area contributed by atoms with Crippen molar-refractivity contribution in [1.29, 1.82) is 0 Å². The Hall–Kier alpha value is -0.350. The van der Waals surface area contributed by atoms with E-state index in [4.69, 9.17) is 10.8 Å². The molecule has 0 bridgehead atoms. The zero-order chi connectivity index (χ0) is 9.28. The molecule has 1 unspecified atom stereocenters. The highest BCUT2D eigenvalue weighted by molar-refractivity contribution is 5.85. The summed E-state index contributed by atoms with van der Waals surface area (Å²) in [6, 6.07) is 0. The van der Waals surface area contributed by atoms with Crippen LogP contribution in [0.2, 0.25) is 0 Å². The second-order valence-corrected chi connectivity index (χ2v) is 3.62. The summed E-state index contributed by atoms with van der Waals surface area (Å²) in [7, 11) is 0. The van der Waals surface area contributed by atoms with Gasteiger partial charge in [0.2, 0.25) is 0 Å². The summed E-state index contributed by atoms with van der Waals surface area (Å²) in [6.45, 7) is 3.92. The van der Waals surface area contributed by atoms with Crippen LogP contribution < -0.4 is 5.73 Å². The van der Waals surface area contributed by atoms with Crippen molar-refractivity contribution in [3.8, 4) is 0 Å². The lowest BCUT2D eigenvalue weighted by atomic mass is 9.90. The molecule has 0 aromatic heterocycles. The number of rotatable bonds is 3. The molecular weight excluding hydrogens is 185 g/mol. The quantitative estimate of drug-likeness (QED) is 0.721. The number of carboxylic acid groups (broad SMARTS) is 1. The van der Waals surface area contributed by atoms with Crippen molar-refractivity contribution in [3.63, 3.8) is 0 Å². The van der Waals surface area contributed by atoms with E-state index in [1.165, 1.54) is 20.8 Å². The molecule has 0 aromatic rings. The molecule has 3 nitrogen and oxygen atoms in total. The Balaban J connectivity index is 0. The molecule has 74 valence electrons. The van der Waals surface area contributed by atoms with Gasteiger partial charge in [0, 0.05) is 6.42 Å². The maximum Gasteiger partial charge on any atom is 0.323 e. The van der Waals surface area contributed by atoms with Crippen molar-refractivity contribution in [2.45, 2.75) is 38.4 Å². The van der Waals surface area contributed by atoms with Gasteiger partial charge in [-0.2, -0.15) is 0 Å². The molecule has 1 atom stereocenters. The molecule has 0 saturated carbocycles. The van der Waals surface area contributed by atoms with Crippen LogP contribution in [0.3, 0.4) is 0 Å². The van der Waals surface area contributed by atoms with E-state index >= 15 is 0 Å². The van der Waals surface area contributed by atoms with Gasteiger partial charge in [-0.1, -0.05) is 0 Å². The van der Waals surface area contributed by atoms with Crippen molar-refractivity contribution in [2.75, 3.05) is 0 Å². The van der Waals surface area contributed by atoms with Crippen molar-refractivity contribution in [2.24, 2.45) is 5.73 Å². The molecule has 0 fully saturated rings. The minimum Gasteiger partial charge on any atom is -0.480 e. The average Bonchev–Trinajstić information content (AvgIpc) is 1.56. The van der Waals surface area contributed by atoms with Crippen LogP contribution in [0.5, 0.6) is 0 Å². The maximum atomic E-state index is 12.9. The van der Waals surface area contributed by atoms with Crippen molar-refractivity contribution in [3.05, 3.63) is 0 Å². The average molecular weight is 200 g/mol. The summed E-state index contributed by atoms with van der Waals surface area (Å²) in [5, 5.41) is 8.51. The molecule has 0 spiro atoms. The van der Waals surface area contributed by atoms with Crippen LogP contribution >= 0.6 is 12.4 Å². The third-order valence-electron chi connectivity index (χ3n) is 1.28. The Morgan fingerprint density at radius 3 is 1.92 bits per heavy atom. The van der Waals surface area contributed by atoms with Crippen LogP contribution in [0.4, 0.5) is 4.39 Å². The predicted octanol–water partition coefficient (Wildman–Crippen LogP) is 1.35. The number of aliphatic carboxylic acids is 1. The summed E-state index contributed by atoms with van der Waals surface area (Å²) in [5.41, 5.74) is 2.29. The fourth-order valence-corrected chi connectivity index (χ4v) is 0.949. The molecule has 0 heterocycles. The van der Waals surface area contributed by atoms with E-state index in [1.54, 1.807) is 0 Å². The van der Waals surface area contributed by atoms with Gasteiger partial charge in [-0.3, -0.25) is 4.79 Å². The first-order chi connectivity index (χ1) is 4.65. The second-order valence-electron chi connectivity index (χ2n) is 3.62. The summed E-state index contributed by atoms with van der Waals surface area (Å²) in [5.74, 6) is -1.18. The van der Waals surface area contributed by atoms with Crippen LogP contribution in [-0.2, 0) is 4.79 Å². The molecular formula is C7H15ClFNO2. The van der Waals surface area contributed by atoms with Gasteiger partial charge in [0.05, 0.1) is 0 Å². The van der Waals surface area contributed by atoms with Crippen LogP contribution in [0.25, 0.3) is 0 Å². The van der Waals surface area contributed by atoms with Crippen molar-refractivity contribution >= 4 is 18.4 Å². The van der Waals surface area contributed by atoms with Gasteiger partial charge >= 0.3 is 5.97 Å². The number of nitrogens with two attached hydrogens (primary N) is 1. The lowest BCUT2D eigenvalue weighted by molar-refractivity contribution is -0.144. The van der Waals surface area contributed by atoms with E-state index in [9.17, 15) is 9.18 Å². The molecule has 0 saturated heterocycles. The zero-order valence-corrected chi connectivity index (χ0v) is 8.24. The van der Waals surface area contributed by atoms with Gasteiger partial charge in [-0.25, -0.2) is 4.39 Å². The zero-order valence-electron chi connectivity index (χ0n) is 7.43. The van der Waals surface area contributed by atoms with E-state index in [-0.39, 0.29) is 18.8 Å². The number of hydrogen-bond donors (Lipinski definition) is 2. The Labute approximate surface area is 77.5 Å². The topological polar surface area (TPSA) is 63.3 Å². The minimum absolute atomic E-state index is 0. The smallest absolute Gasteiger partial charge is 0.323 e. The Morgan fingerprint density at radius 2 is 1.83 bits per heavy atom. The van der Waals surface area contributed by atoms with Gasteiger partial charge in [-0.05, 0) is 20.8 Å². The summed E-state index contributed by atoms with van der Waals surface area (Å²) in [4.78, 5) is 10.4. The van der Waals surface area contributed by atoms with E-state index in [0.717, 1.165) is 0 Å². The van der Waals surface area contributed by atoms with Gasteiger partial charge < -0.3 is 10.8 Å². The summed E-state index contributed by atoms with van der Waals surface area (Å²) >= 11 is 0. The third kappa shape index (κ3) is 5.32. The lowest BCUT2D eigenvalue weighted by Gasteiger charge is -2.25. The van der Waals surface area contributed by atoms with Crippen LogP contribution in [-0.4, -0.2) is 22.3 Å². The Morgan fingerprint density at radius 1 is 1.50 bits per heavy atom. The monoisotopic (exact) mass is 199 g/mol. The van der Waals surface area contributed by atoms with Gasteiger partial charge in [-0.15, -0.1) is 12.4 Å². The number of hydrogen-bond acceptors (Lipinski definition) is 2. The fourth-order valence-electron chi connectivity index (χ4n) is 0.949. The lowest BCUT2D eigenvalue weighted by Crippen LogP contribution is -2.48. The molecule has 5 heteroatoms.